The first-order valence-corrected chi connectivity index (χ1v) is 7.34. The first-order chi connectivity index (χ1) is 10.7. The molecule has 0 aliphatic carbocycles. The van der Waals surface area contributed by atoms with E-state index in [1.54, 1.807) is 7.11 Å². The van der Waals surface area contributed by atoms with E-state index in [1.165, 1.54) is 0 Å². The van der Waals surface area contributed by atoms with E-state index in [2.05, 4.69) is 0 Å². The summed E-state index contributed by atoms with van der Waals surface area (Å²) in [7, 11) is 1.64. The molecule has 0 saturated carbocycles. The van der Waals surface area contributed by atoms with E-state index in [0.29, 0.717) is 31.8 Å². The van der Waals surface area contributed by atoms with Crippen LogP contribution in [0.3, 0.4) is 0 Å². The summed E-state index contributed by atoms with van der Waals surface area (Å²) in [6, 6.07) is 17.4. The van der Waals surface area contributed by atoms with Gasteiger partial charge >= 0.3 is 0 Å². The highest BCUT2D eigenvalue weighted by Gasteiger charge is 2.14. The van der Waals surface area contributed by atoms with Crippen LogP contribution < -0.4 is 5.73 Å². The van der Waals surface area contributed by atoms with Crippen LogP contribution in [0.15, 0.2) is 54.6 Å². The van der Waals surface area contributed by atoms with Crippen molar-refractivity contribution in [2.24, 2.45) is 0 Å². The summed E-state index contributed by atoms with van der Waals surface area (Å²) < 4.78 is 5.12. The van der Waals surface area contributed by atoms with Gasteiger partial charge in [0.25, 0.3) is 0 Å². The van der Waals surface area contributed by atoms with Gasteiger partial charge in [0, 0.05) is 25.9 Å². The molecule has 0 bridgehead atoms. The Balaban J connectivity index is 2.03. The second-order valence-corrected chi connectivity index (χ2v) is 5.21. The monoisotopic (exact) mass is 298 g/mol. The number of nitrogens with zero attached hydrogens (tertiary/aromatic N) is 1. The molecule has 0 radical (unpaired) electrons. The van der Waals surface area contributed by atoms with E-state index in [1.807, 2.05) is 59.5 Å². The van der Waals surface area contributed by atoms with Crippen molar-refractivity contribution in [1.29, 1.82) is 0 Å². The van der Waals surface area contributed by atoms with Crippen LogP contribution >= 0.6 is 0 Å². The van der Waals surface area contributed by atoms with Crippen LogP contribution in [0.25, 0.3) is 0 Å². The van der Waals surface area contributed by atoms with Crippen LogP contribution in [-0.4, -0.2) is 31.1 Å². The number of rotatable bonds is 7. The third-order valence-corrected chi connectivity index (χ3v) is 3.47. The fourth-order valence-corrected chi connectivity index (χ4v) is 2.22. The summed E-state index contributed by atoms with van der Waals surface area (Å²) in [5.74, 6) is 0.0886. The number of hydrogen-bond acceptors (Lipinski definition) is 3. The van der Waals surface area contributed by atoms with Gasteiger partial charge in [0.15, 0.2) is 0 Å². The van der Waals surface area contributed by atoms with Crippen molar-refractivity contribution in [2.45, 2.75) is 13.0 Å². The van der Waals surface area contributed by atoms with Crippen LogP contribution in [0, 0.1) is 0 Å². The first kappa shape index (κ1) is 16.0. The smallest absolute Gasteiger partial charge is 0.227 e. The lowest BCUT2D eigenvalue weighted by atomic mass is 10.1. The quantitative estimate of drug-likeness (QED) is 0.799. The van der Waals surface area contributed by atoms with Crippen LogP contribution in [0.5, 0.6) is 0 Å². The molecule has 4 heteroatoms. The molecule has 2 N–H and O–H groups in total. The Labute approximate surface area is 131 Å². The van der Waals surface area contributed by atoms with Gasteiger partial charge in [-0.25, -0.2) is 0 Å². The molecule has 0 saturated heterocycles. The van der Waals surface area contributed by atoms with E-state index in [9.17, 15) is 4.79 Å². The van der Waals surface area contributed by atoms with Crippen molar-refractivity contribution < 1.29 is 9.53 Å². The van der Waals surface area contributed by atoms with Crippen molar-refractivity contribution in [3.05, 3.63) is 65.7 Å². The van der Waals surface area contributed by atoms with Gasteiger partial charge in [0.05, 0.1) is 13.0 Å². The molecular formula is C18H22N2O2. The SMILES string of the molecule is COCCN(Cc1ccccc1)C(=O)Cc1ccc(N)cc1. The number of carbonyl (C=O) groups excluding carboxylic acids is 1. The number of anilines is 1. The highest BCUT2D eigenvalue weighted by Crippen LogP contribution is 2.10. The average molecular weight is 298 g/mol. The van der Waals surface area contributed by atoms with Crippen LogP contribution in [0.1, 0.15) is 11.1 Å². The van der Waals surface area contributed by atoms with E-state index in [-0.39, 0.29) is 5.91 Å². The molecule has 2 aromatic carbocycles. The van der Waals surface area contributed by atoms with Gasteiger partial charge in [-0.15, -0.1) is 0 Å². The first-order valence-electron chi connectivity index (χ1n) is 7.34. The Hall–Kier alpha value is -2.33. The molecule has 0 unspecified atom stereocenters. The molecule has 0 atom stereocenters. The lowest BCUT2D eigenvalue weighted by Crippen LogP contribution is -2.34. The normalized spacial score (nSPS) is 10.4. The maximum atomic E-state index is 12.5. The van der Waals surface area contributed by atoms with E-state index >= 15 is 0 Å². The van der Waals surface area contributed by atoms with Crippen LogP contribution in [0.2, 0.25) is 0 Å². The summed E-state index contributed by atoms with van der Waals surface area (Å²) in [6.45, 7) is 1.71. The zero-order valence-electron chi connectivity index (χ0n) is 12.9. The van der Waals surface area contributed by atoms with Crippen molar-refractivity contribution in [2.75, 3.05) is 26.0 Å². The minimum absolute atomic E-state index is 0.0886. The van der Waals surface area contributed by atoms with Gasteiger partial charge in [-0.1, -0.05) is 42.5 Å². The van der Waals surface area contributed by atoms with Crippen LogP contribution in [-0.2, 0) is 22.5 Å². The highest BCUT2D eigenvalue weighted by atomic mass is 16.5. The second-order valence-electron chi connectivity index (χ2n) is 5.21. The third-order valence-electron chi connectivity index (χ3n) is 3.47. The summed E-state index contributed by atoms with van der Waals surface area (Å²) in [5, 5.41) is 0. The fourth-order valence-electron chi connectivity index (χ4n) is 2.22. The maximum Gasteiger partial charge on any atom is 0.227 e. The zero-order chi connectivity index (χ0) is 15.8. The van der Waals surface area contributed by atoms with Gasteiger partial charge in [0.1, 0.15) is 0 Å². The number of carbonyl (C=O) groups is 1. The Morgan fingerprint density at radius 3 is 2.36 bits per heavy atom. The van der Waals surface area contributed by atoms with E-state index < -0.39 is 0 Å². The molecule has 116 valence electrons. The minimum atomic E-state index is 0.0886. The van der Waals surface area contributed by atoms with Gasteiger partial charge < -0.3 is 15.4 Å². The Morgan fingerprint density at radius 2 is 1.73 bits per heavy atom. The molecule has 0 heterocycles. The number of nitrogens with two attached hydrogens (primary N) is 1. The molecule has 0 spiro atoms. The molecule has 2 aromatic rings. The largest absolute Gasteiger partial charge is 0.399 e. The second kappa shape index (κ2) is 8.20. The summed E-state index contributed by atoms with van der Waals surface area (Å²) in [4.78, 5) is 14.4. The molecule has 0 fully saturated rings. The maximum absolute atomic E-state index is 12.5. The van der Waals surface area contributed by atoms with E-state index in [4.69, 9.17) is 10.5 Å². The molecule has 1 amide bonds. The fraction of sp³-hybridized carbons (Fsp3) is 0.278. The third kappa shape index (κ3) is 4.90. The van der Waals surface area contributed by atoms with Gasteiger partial charge in [0.2, 0.25) is 5.91 Å². The number of nitrogen functional groups attached to an aromatic ring is 1. The predicted molar refractivity (Wildman–Crippen MR) is 88.3 cm³/mol. The number of hydrogen-bond donors (Lipinski definition) is 1. The number of amides is 1. The zero-order valence-corrected chi connectivity index (χ0v) is 12.9. The molecular weight excluding hydrogens is 276 g/mol. The lowest BCUT2D eigenvalue weighted by Gasteiger charge is -2.22. The minimum Gasteiger partial charge on any atom is -0.399 e. The predicted octanol–water partition coefficient (Wildman–Crippen LogP) is 2.49. The van der Waals surface area contributed by atoms with Crippen LogP contribution in [0.4, 0.5) is 5.69 Å². The molecule has 22 heavy (non-hydrogen) atoms. The van der Waals surface area contributed by atoms with Crippen molar-refractivity contribution >= 4 is 11.6 Å². The Morgan fingerprint density at radius 1 is 1.05 bits per heavy atom. The lowest BCUT2D eigenvalue weighted by molar-refractivity contribution is -0.131. The van der Waals surface area contributed by atoms with Gasteiger partial charge in [-0.05, 0) is 23.3 Å². The topological polar surface area (TPSA) is 55.6 Å². The van der Waals surface area contributed by atoms with Gasteiger partial charge in [-0.2, -0.15) is 0 Å². The summed E-state index contributed by atoms with van der Waals surface area (Å²) >= 11 is 0. The van der Waals surface area contributed by atoms with Crippen molar-refractivity contribution in [1.82, 2.24) is 4.90 Å². The van der Waals surface area contributed by atoms with Gasteiger partial charge in [-0.3, -0.25) is 4.79 Å². The highest BCUT2D eigenvalue weighted by molar-refractivity contribution is 5.79. The van der Waals surface area contributed by atoms with Crippen molar-refractivity contribution in [3.8, 4) is 0 Å². The molecule has 2 rings (SSSR count). The number of benzene rings is 2. The summed E-state index contributed by atoms with van der Waals surface area (Å²) in [5.41, 5.74) is 8.46. The Kier molecular flexibility index (Phi) is 5.98. The average Bonchev–Trinajstić information content (AvgIpc) is 2.54. The molecule has 0 aliphatic rings. The van der Waals surface area contributed by atoms with E-state index in [0.717, 1.165) is 11.1 Å². The summed E-state index contributed by atoms with van der Waals surface area (Å²) in [6.07, 6.45) is 0.372. The standard InChI is InChI=1S/C18H22N2O2/c1-22-12-11-20(14-16-5-3-2-4-6-16)18(21)13-15-7-9-17(19)10-8-15/h2-10H,11-14,19H2,1H3. The Bertz CT molecular complexity index is 582. The number of ether oxygens (including phenoxy) is 1. The number of methoxy groups -OCH3 is 1. The molecule has 4 nitrogen and oxygen atoms in total. The molecule has 0 aromatic heterocycles. The molecule has 0 aliphatic heterocycles. The van der Waals surface area contributed by atoms with Crippen molar-refractivity contribution in [3.63, 3.8) is 0 Å².